The zero-order valence-corrected chi connectivity index (χ0v) is 9.97. The molecule has 0 saturated heterocycles. The van der Waals surface area contributed by atoms with Gasteiger partial charge in [0, 0.05) is 0 Å². The molecule has 4 unspecified atom stereocenters. The van der Waals surface area contributed by atoms with Gasteiger partial charge < -0.3 is 0 Å². The molecule has 3 fully saturated rings. The number of rotatable bonds is 5. The maximum absolute atomic E-state index is 10.2. The second-order valence-corrected chi connectivity index (χ2v) is 5.29. The summed E-state index contributed by atoms with van der Waals surface area (Å²) in [4.78, 5) is 27.7. The zero-order chi connectivity index (χ0) is 12.1. The van der Waals surface area contributed by atoms with E-state index in [9.17, 15) is 9.59 Å². The number of carbonyl (C=O) groups excluding carboxylic acids is 2. The Morgan fingerprint density at radius 1 is 1.00 bits per heavy atom. The minimum Gasteiger partial charge on any atom is -0.211 e. The molecule has 3 aliphatic rings. The van der Waals surface area contributed by atoms with Crippen molar-refractivity contribution in [2.24, 2.45) is 33.7 Å². The number of nitrogens with zero attached hydrogens (tertiary/aromatic N) is 2. The van der Waals surface area contributed by atoms with Crippen molar-refractivity contribution >= 4 is 12.2 Å². The SMILES string of the molecule is O=C=NCCC1CC2CCC1C(CN=C=O)C2. The van der Waals surface area contributed by atoms with Gasteiger partial charge in [-0.2, -0.15) is 0 Å². The molecule has 3 saturated carbocycles. The van der Waals surface area contributed by atoms with Gasteiger partial charge in [-0.1, -0.05) is 6.42 Å². The van der Waals surface area contributed by atoms with Crippen molar-refractivity contribution in [3.8, 4) is 0 Å². The smallest absolute Gasteiger partial charge is 0.211 e. The van der Waals surface area contributed by atoms with Crippen molar-refractivity contribution in [3.05, 3.63) is 0 Å². The average molecular weight is 234 g/mol. The van der Waals surface area contributed by atoms with Crippen molar-refractivity contribution in [1.29, 1.82) is 0 Å². The molecular weight excluding hydrogens is 216 g/mol. The molecular formula is C13H18N2O2. The summed E-state index contributed by atoms with van der Waals surface area (Å²) in [7, 11) is 0. The van der Waals surface area contributed by atoms with Crippen LogP contribution in [0.4, 0.5) is 0 Å². The van der Waals surface area contributed by atoms with E-state index in [1.165, 1.54) is 25.7 Å². The van der Waals surface area contributed by atoms with Crippen molar-refractivity contribution < 1.29 is 9.59 Å². The van der Waals surface area contributed by atoms with Crippen molar-refractivity contribution in [2.75, 3.05) is 13.1 Å². The first-order chi connectivity index (χ1) is 8.35. The molecule has 92 valence electrons. The molecule has 4 atom stereocenters. The Morgan fingerprint density at radius 3 is 2.47 bits per heavy atom. The van der Waals surface area contributed by atoms with Crippen LogP contribution in [0.1, 0.15) is 32.1 Å². The summed E-state index contributed by atoms with van der Waals surface area (Å²) in [5, 5.41) is 0. The Bertz CT molecular complexity index is 356. The number of hydrogen-bond donors (Lipinski definition) is 0. The predicted molar refractivity (Wildman–Crippen MR) is 63.0 cm³/mol. The molecule has 0 N–H and O–H groups in total. The van der Waals surface area contributed by atoms with E-state index in [1.54, 1.807) is 12.2 Å². The lowest BCUT2D eigenvalue weighted by Crippen LogP contribution is -2.39. The molecule has 0 aromatic heterocycles. The number of hydrogen-bond acceptors (Lipinski definition) is 4. The third-order valence-corrected chi connectivity index (χ3v) is 4.46. The lowest BCUT2D eigenvalue weighted by Gasteiger charge is -2.47. The van der Waals surface area contributed by atoms with E-state index in [2.05, 4.69) is 9.98 Å². The highest BCUT2D eigenvalue weighted by Gasteiger charge is 2.41. The summed E-state index contributed by atoms with van der Waals surface area (Å²) in [6.45, 7) is 1.24. The first-order valence-corrected chi connectivity index (χ1v) is 6.42. The Kier molecular flexibility index (Phi) is 4.24. The summed E-state index contributed by atoms with van der Waals surface area (Å²) < 4.78 is 0. The van der Waals surface area contributed by atoms with Gasteiger partial charge in [-0.25, -0.2) is 19.6 Å². The fourth-order valence-electron chi connectivity index (χ4n) is 3.79. The second-order valence-electron chi connectivity index (χ2n) is 5.29. The van der Waals surface area contributed by atoms with E-state index in [1.807, 2.05) is 0 Å². The normalized spacial score (nSPS) is 34.8. The maximum atomic E-state index is 10.2. The molecule has 3 rings (SSSR count). The van der Waals surface area contributed by atoms with Crippen LogP contribution in [0.3, 0.4) is 0 Å². The summed E-state index contributed by atoms with van der Waals surface area (Å²) >= 11 is 0. The highest BCUT2D eigenvalue weighted by atomic mass is 16.1. The zero-order valence-electron chi connectivity index (χ0n) is 9.97. The van der Waals surface area contributed by atoms with Crippen molar-refractivity contribution in [2.45, 2.75) is 32.1 Å². The molecule has 4 nitrogen and oxygen atoms in total. The Balaban J connectivity index is 1.94. The van der Waals surface area contributed by atoms with E-state index in [4.69, 9.17) is 0 Å². The fraction of sp³-hybridized carbons (Fsp3) is 0.846. The number of fused-ring (bicyclic) bond motifs is 3. The molecule has 0 spiro atoms. The van der Waals surface area contributed by atoms with E-state index >= 15 is 0 Å². The van der Waals surface area contributed by atoms with Crippen molar-refractivity contribution in [1.82, 2.24) is 0 Å². The van der Waals surface area contributed by atoms with Gasteiger partial charge in [-0.15, -0.1) is 0 Å². The third-order valence-electron chi connectivity index (χ3n) is 4.46. The molecule has 0 aliphatic heterocycles. The van der Waals surface area contributed by atoms with E-state index < -0.39 is 0 Å². The van der Waals surface area contributed by atoms with Crippen LogP contribution in [0.5, 0.6) is 0 Å². The standard InChI is InChI=1S/C13H18N2O2/c16-8-14-4-3-11-5-10-1-2-13(11)12(6-10)7-15-9-17/h10-13H,1-7H2. The topological polar surface area (TPSA) is 58.9 Å². The summed E-state index contributed by atoms with van der Waals surface area (Å²) in [6, 6.07) is 0. The third kappa shape index (κ3) is 2.91. The Labute approximate surface area is 101 Å². The molecule has 3 aliphatic carbocycles. The van der Waals surface area contributed by atoms with E-state index in [-0.39, 0.29) is 0 Å². The monoisotopic (exact) mass is 234 g/mol. The van der Waals surface area contributed by atoms with Crippen LogP contribution in [0.15, 0.2) is 9.98 Å². The molecule has 17 heavy (non-hydrogen) atoms. The second kappa shape index (κ2) is 5.90. The first kappa shape index (κ1) is 12.2. The highest BCUT2D eigenvalue weighted by molar-refractivity contribution is 5.33. The minimum atomic E-state index is 0.550. The quantitative estimate of drug-likeness (QED) is 0.540. The van der Waals surface area contributed by atoms with Crippen LogP contribution in [0, 0.1) is 23.7 Å². The van der Waals surface area contributed by atoms with E-state index in [0.717, 1.165) is 12.3 Å². The number of aliphatic imine (C=N–C) groups is 2. The molecule has 0 radical (unpaired) electrons. The van der Waals surface area contributed by atoms with Gasteiger partial charge in [-0.05, 0) is 49.4 Å². The van der Waals surface area contributed by atoms with Crippen LogP contribution in [0.25, 0.3) is 0 Å². The summed E-state index contributed by atoms with van der Waals surface area (Å²) in [6.07, 6.45) is 9.28. The lowest BCUT2D eigenvalue weighted by atomic mass is 9.59. The molecule has 0 heterocycles. The summed E-state index contributed by atoms with van der Waals surface area (Å²) in [5.74, 6) is 2.66. The summed E-state index contributed by atoms with van der Waals surface area (Å²) in [5.41, 5.74) is 0. The average Bonchev–Trinajstić information content (AvgIpc) is 2.37. The van der Waals surface area contributed by atoms with E-state index in [0.29, 0.717) is 30.8 Å². The molecule has 2 bridgehead atoms. The van der Waals surface area contributed by atoms with Gasteiger partial charge in [0.1, 0.15) is 0 Å². The Hall–Kier alpha value is -1.24. The Morgan fingerprint density at radius 2 is 1.76 bits per heavy atom. The molecule has 4 heteroatoms. The van der Waals surface area contributed by atoms with Crippen LogP contribution in [-0.2, 0) is 9.59 Å². The van der Waals surface area contributed by atoms with Crippen LogP contribution in [-0.4, -0.2) is 25.2 Å². The largest absolute Gasteiger partial charge is 0.234 e. The van der Waals surface area contributed by atoms with Crippen LogP contribution < -0.4 is 0 Å². The van der Waals surface area contributed by atoms with Crippen LogP contribution >= 0.6 is 0 Å². The highest BCUT2D eigenvalue weighted by Crippen LogP contribution is 2.49. The van der Waals surface area contributed by atoms with Gasteiger partial charge in [0.05, 0.1) is 13.1 Å². The minimum absolute atomic E-state index is 0.550. The molecule has 0 aromatic carbocycles. The number of isocyanates is 2. The molecule has 0 amide bonds. The van der Waals surface area contributed by atoms with Gasteiger partial charge in [0.25, 0.3) is 0 Å². The van der Waals surface area contributed by atoms with Gasteiger partial charge in [0.15, 0.2) is 0 Å². The maximum Gasteiger partial charge on any atom is 0.234 e. The molecule has 0 aromatic rings. The van der Waals surface area contributed by atoms with Crippen LogP contribution in [0.2, 0.25) is 0 Å². The van der Waals surface area contributed by atoms with Crippen molar-refractivity contribution in [3.63, 3.8) is 0 Å². The predicted octanol–water partition coefficient (Wildman–Crippen LogP) is 2.10. The lowest BCUT2D eigenvalue weighted by molar-refractivity contribution is 0.0378. The van der Waals surface area contributed by atoms with Gasteiger partial charge >= 0.3 is 0 Å². The fourth-order valence-corrected chi connectivity index (χ4v) is 3.79. The van der Waals surface area contributed by atoms with Gasteiger partial charge in [-0.3, -0.25) is 0 Å². The van der Waals surface area contributed by atoms with Gasteiger partial charge in [0.2, 0.25) is 12.2 Å². The first-order valence-electron chi connectivity index (χ1n) is 6.42.